The van der Waals surface area contributed by atoms with Crippen LogP contribution in [0.5, 0.6) is 5.75 Å². The van der Waals surface area contributed by atoms with E-state index in [1.54, 1.807) is 12.1 Å². The van der Waals surface area contributed by atoms with E-state index in [1.807, 2.05) is 0 Å². The minimum Gasteiger partial charge on any atom is -0.506 e. The first-order valence-electron chi connectivity index (χ1n) is 3.96. The van der Waals surface area contributed by atoms with Gasteiger partial charge in [0.05, 0.1) is 16.1 Å². The maximum Gasteiger partial charge on any atom is 0.329 e. The van der Waals surface area contributed by atoms with Gasteiger partial charge in [0, 0.05) is 10.5 Å². The van der Waals surface area contributed by atoms with Crippen LogP contribution in [0.3, 0.4) is 0 Å². The number of carbonyl (C=O) groups is 1. The molecule has 0 atom stereocenters. The average Bonchev–Trinajstić information content (AvgIpc) is 2.25. The fourth-order valence-electron chi connectivity index (χ4n) is 0.618. The summed E-state index contributed by atoms with van der Waals surface area (Å²) in [5, 5.41) is 9.22. The van der Waals surface area contributed by atoms with E-state index in [1.165, 1.54) is 7.11 Å². The molecule has 0 aliphatic heterocycles. The molecule has 0 bridgehead atoms. The van der Waals surface area contributed by atoms with E-state index >= 15 is 0 Å². The lowest BCUT2D eigenvalue weighted by Gasteiger charge is -1.99. The number of esters is 1. The molecule has 0 amide bonds. The minimum atomic E-state index is -0.394. The van der Waals surface area contributed by atoms with E-state index in [9.17, 15) is 9.90 Å². The normalized spacial score (nSPS) is 8.75. The molecule has 16 heavy (non-hydrogen) atoms. The van der Waals surface area contributed by atoms with Crippen LogP contribution >= 0.6 is 47.8 Å². The van der Waals surface area contributed by atoms with Crippen LogP contribution in [0, 0.1) is 0 Å². The molecule has 0 fully saturated rings. The van der Waals surface area contributed by atoms with Gasteiger partial charge in [-0.2, -0.15) is 0 Å². The van der Waals surface area contributed by atoms with E-state index in [0.29, 0.717) is 8.95 Å². The first-order valence-corrected chi connectivity index (χ1v) is 6.34. The number of rotatable bonds is 1. The number of ether oxygens (including phenoxy) is 1. The Balaban J connectivity index is 0.000000325. The van der Waals surface area contributed by atoms with Crippen molar-refractivity contribution in [2.45, 2.75) is 0 Å². The number of benzene rings is 1. The average molecular weight is 417 g/mol. The summed E-state index contributed by atoms with van der Waals surface area (Å²) in [6.45, 7) is 3.16. The molecular formula is C10H9Br3O3. The van der Waals surface area contributed by atoms with E-state index in [-0.39, 0.29) is 5.75 Å². The van der Waals surface area contributed by atoms with Gasteiger partial charge in [0.1, 0.15) is 5.75 Å². The highest BCUT2D eigenvalue weighted by Gasteiger charge is 2.02. The van der Waals surface area contributed by atoms with Gasteiger partial charge >= 0.3 is 5.97 Å². The molecular weight excluding hydrogens is 408 g/mol. The van der Waals surface area contributed by atoms with Crippen LogP contribution in [0.2, 0.25) is 0 Å². The van der Waals surface area contributed by atoms with Crippen molar-refractivity contribution in [1.29, 1.82) is 0 Å². The number of halogens is 3. The van der Waals surface area contributed by atoms with Crippen molar-refractivity contribution in [2.24, 2.45) is 0 Å². The fraction of sp³-hybridized carbons (Fsp3) is 0.100. The summed E-state index contributed by atoms with van der Waals surface area (Å²) in [6.07, 6.45) is 1.11. The molecule has 0 aliphatic rings. The van der Waals surface area contributed by atoms with Crippen molar-refractivity contribution in [1.82, 2.24) is 0 Å². The van der Waals surface area contributed by atoms with Gasteiger partial charge < -0.3 is 9.84 Å². The lowest BCUT2D eigenvalue weighted by Crippen LogP contribution is -1.91. The molecule has 0 unspecified atom stereocenters. The molecule has 0 saturated carbocycles. The molecule has 1 aromatic carbocycles. The summed E-state index contributed by atoms with van der Waals surface area (Å²) in [7, 11) is 1.31. The quantitative estimate of drug-likeness (QED) is 0.555. The van der Waals surface area contributed by atoms with Gasteiger partial charge in [-0.1, -0.05) is 22.5 Å². The van der Waals surface area contributed by atoms with Crippen LogP contribution in [-0.4, -0.2) is 18.2 Å². The standard InChI is InChI=1S/C6H3Br3O.C4H6O2/c7-3-1-4(8)6(10)5(9)2-3;1-3-4(5)6-2/h1-2,10H;3H,1H2,2H3. The van der Waals surface area contributed by atoms with Gasteiger partial charge in [-0.05, 0) is 44.0 Å². The second-order valence-corrected chi connectivity index (χ2v) is 5.07. The molecule has 88 valence electrons. The summed E-state index contributed by atoms with van der Waals surface area (Å²) >= 11 is 9.65. The second-order valence-electron chi connectivity index (χ2n) is 2.45. The molecule has 0 aliphatic carbocycles. The predicted molar refractivity (Wildman–Crippen MR) is 73.4 cm³/mol. The van der Waals surface area contributed by atoms with E-state index < -0.39 is 5.97 Å². The Morgan fingerprint density at radius 3 is 2.06 bits per heavy atom. The number of phenolic OH excluding ortho intramolecular Hbond substituents is 1. The van der Waals surface area contributed by atoms with Crippen LogP contribution in [-0.2, 0) is 9.53 Å². The van der Waals surface area contributed by atoms with E-state index in [2.05, 4.69) is 59.1 Å². The van der Waals surface area contributed by atoms with Crippen molar-refractivity contribution in [2.75, 3.05) is 7.11 Å². The number of hydrogen-bond donors (Lipinski definition) is 1. The van der Waals surface area contributed by atoms with Crippen molar-refractivity contribution < 1.29 is 14.6 Å². The van der Waals surface area contributed by atoms with Crippen LogP contribution in [0.4, 0.5) is 0 Å². The Morgan fingerprint density at radius 1 is 1.38 bits per heavy atom. The third kappa shape index (κ3) is 5.67. The first-order chi connectivity index (χ1) is 7.42. The summed E-state index contributed by atoms with van der Waals surface area (Å²) in [4.78, 5) is 9.84. The largest absolute Gasteiger partial charge is 0.506 e. The van der Waals surface area contributed by atoms with E-state index in [4.69, 9.17) is 0 Å². The number of aromatic hydroxyl groups is 1. The molecule has 1 rings (SSSR count). The zero-order chi connectivity index (χ0) is 12.7. The third-order valence-electron chi connectivity index (χ3n) is 1.35. The Bertz CT molecular complexity index is 368. The summed E-state index contributed by atoms with van der Waals surface area (Å²) in [5.41, 5.74) is 0. The number of hydrogen-bond acceptors (Lipinski definition) is 3. The molecule has 3 nitrogen and oxygen atoms in total. The van der Waals surface area contributed by atoms with Gasteiger partial charge in [-0.3, -0.25) is 0 Å². The van der Waals surface area contributed by atoms with E-state index in [0.717, 1.165) is 10.5 Å². The zero-order valence-electron chi connectivity index (χ0n) is 8.34. The second kappa shape index (κ2) is 7.86. The molecule has 1 aromatic rings. The SMILES string of the molecule is C=CC(=O)OC.Oc1c(Br)cc(Br)cc1Br. The number of phenols is 1. The lowest BCUT2D eigenvalue weighted by atomic mass is 10.3. The number of methoxy groups -OCH3 is 1. The van der Waals surface area contributed by atoms with Gasteiger partial charge in [0.25, 0.3) is 0 Å². The summed E-state index contributed by atoms with van der Waals surface area (Å²) < 4.78 is 6.41. The molecule has 0 radical (unpaired) electrons. The number of carbonyl (C=O) groups excluding carboxylic acids is 1. The van der Waals surface area contributed by atoms with Crippen molar-refractivity contribution in [3.63, 3.8) is 0 Å². The Kier molecular flexibility index (Phi) is 7.70. The molecule has 0 spiro atoms. The van der Waals surface area contributed by atoms with Gasteiger partial charge in [-0.15, -0.1) is 0 Å². The van der Waals surface area contributed by atoms with Gasteiger partial charge in [0.2, 0.25) is 0 Å². The first kappa shape index (κ1) is 15.7. The lowest BCUT2D eigenvalue weighted by molar-refractivity contribution is -0.134. The van der Waals surface area contributed by atoms with Crippen molar-refractivity contribution >= 4 is 53.8 Å². The Hall–Kier alpha value is -0.330. The molecule has 1 N–H and O–H groups in total. The monoisotopic (exact) mass is 414 g/mol. The van der Waals surface area contributed by atoms with Crippen LogP contribution < -0.4 is 0 Å². The minimum absolute atomic E-state index is 0.225. The topological polar surface area (TPSA) is 46.5 Å². The zero-order valence-corrected chi connectivity index (χ0v) is 13.1. The maximum atomic E-state index is 9.84. The smallest absolute Gasteiger partial charge is 0.329 e. The third-order valence-corrected chi connectivity index (χ3v) is 3.02. The highest BCUT2D eigenvalue weighted by molar-refractivity contribution is 9.11. The van der Waals surface area contributed by atoms with Crippen LogP contribution in [0.25, 0.3) is 0 Å². The molecule has 0 saturated heterocycles. The maximum absolute atomic E-state index is 9.84. The molecule has 0 aromatic heterocycles. The highest BCUT2D eigenvalue weighted by Crippen LogP contribution is 2.34. The van der Waals surface area contributed by atoms with Crippen LogP contribution in [0.15, 0.2) is 38.2 Å². The fourth-order valence-corrected chi connectivity index (χ4v) is 2.88. The van der Waals surface area contributed by atoms with Crippen LogP contribution in [0.1, 0.15) is 0 Å². The van der Waals surface area contributed by atoms with Crippen molar-refractivity contribution in [3.8, 4) is 5.75 Å². The molecule has 6 heteroatoms. The highest BCUT2D eigenvalue weighted by atomic mass is 79.9. The summed E-state index contributed by atoms with van der Waals surface area (Å²) in [5.74, 6) is -0.168. The molecule has 0 heterocycles. The summed E-state index contributed by atoms with van der Waals surface area (Å²) in [6, 6.07) is 3.56. The Morgan fingerprint density at radius 2 is 1.81 bits per heavy atom. The van der Waals surface area contributed by atoms with Crippen molar-refractivity contribution in [3.05, 3.63) is 38.2 Å². The van der Waals surface area contributed by atoms with Gasteiger partial charge in [0.15, 0.2) is 0 Å². The Labute approximate surface area is 119 Å². The van der Waals surface area contributed by atoms with Gasteiger partial charge in [-0.25, -0.2) is 4.79 Å². The predicted octanol–water partition coefficient (Wildman–Crippen LogP) is 4.03.